The topological polar surface area (TPSA) is 58.6 Å². The Morgan fingerprint density at radius 3 is 2.56 bits per heavy atom. The molecule has 4 nitrogen and oxygen atoms in total. The standard InChI is InChI=1S/C21H25NO3/c1-3-4-5-16-6-8-17(9-7-16)11-13-21(24)22-15-18-10-12-19(23)20(14-18)25-2/h6-14,23H,3-5,15H2,1-2H3,(H,22,24)/b13-11+. The number of hydrogen-bond donors (Lipinski definition) is 2. The second-order valence-electron chi connectivity index (χ2n) is 5.90. The second kappa shape index (κ2) is 9.52. The number of unbranched alkanes of at least 4 members (excludes halogenated alkanes) is 1. The Morgan fingerprint density at radius 2 is 1.88 bits per heavy atom. The Hall–Kier alpha value is -2.75. The van der Waals surface area contributed by atoms with Crippen molar-refractivity contribution in [3.63, 3.8) is 0 Å². The van der Waals surface area contributed by atoms with Crippen molar-refractivity contribution in [1.29, 1.82) is 0 Å². The van der Waals surface area contributed by atoms with Crippen molar-refractivity contribution in [1.82, 2.24) is 5.32 Å². The summed E-state index contributed by atoms with van der Waals surface area (Å²) < 4.78 is 5.06. The zero-order valence-corrected chi connectivity index (χ0v) is 14.8. The lowest BCUT2D eigenvalue weighted by molar-refractivity contribution is -0.116. The summed E-state index contributed by atoms with van der Waals surface area (Å²) in [6.07, 6.45) is 6.81. The molecular weight excluding hydrogens is 314 g/mol. The zero-order chi connectivity index (χ0) is 18.1. The molecule has 2 aromatic carbocycles. The Bertz CT molecular complexity index is 720. The Morgan fingerprint density at radius 1 is 1.16 bits per heavy atom. The van der Waals surface area contributed by atoms with Crippen molar-refractivity contribution in [3.05, 3.63) is 65.2 Å². The van der Waals surface area contributed by atoms with Gasteiger partial charge >= 0.3 is 0 Å². The number of carbonyl (C=O) groups is 1. The molecule has 0 radical (unpaired) electrons. The number of phenols is 1. The minimum Gasteiger partial charge on any atom is -0.504 e. The highest BCUT2D eigenvalue weighted by atomic mass is 16.5. The fraction of sp³-hybridized carbons (Fsp3) is 0.286. The Labute approximate surface area is 149 Å². The van der Waals surface area contributed by atoms with Crippen LogP contribution in [-0.2, 0) is 17.8 Å². The molecule has 0 fully saturated rings. The van der Waals surface area contributed by atoms with Crippen molar-refractivity contribution in [2.45, 2.75) is 32.7 Å². The van der Waals surface area contributed by atoms with Crippen molar-refractivity contribution in [3.8, 4) is 11.5 Å². The molecule has 0 saturated heterocycles. The number of methoxy groups -OCH3 is 1. The van der Waals surface area contributed by atoms with Gasteiger partial charge in [0.1, 0.15) is 0 Å². The maximum absolute atomic E-state index is 11.9. The fourth-order valence-corrected chi connectivity index (χ4v) is 2.43. The van der Waals surface area contributed by atoms with Crippen LogP contribution in [0.25, 0.3) is 6.08 Å². The van der Waals surface area contributed by atoms with E-state index in [2.05, 4.69) is 24.4 Å². The third-order valence-electron chi connectivity index (χ3n) is 3.94. The molecule has 0 heterocycles. The van der Waals surface area contributed by atoms with Gasteiger partial charge in [-0.2, -0.15) is 0 Å². The van der Waals surface area contributed by atoms with Gasteiger partial charge in [-0.15, -0.1) is 0 Å². The molecule has 1 amide bonds. The molecule has 25 heavy (non-hydrogen) atoms. The maximum Gasteiger partial charge on any atom is 0.244 e. The molecule has 4 heteroatoms. The average molecular weight is 339 g/mol. The largest absolute Gasteiger partial charge is 0.504 e. The van der Waals surface area contributed by atoms with E-state index >= 15 is 0 Å². The van der Waals surface area contributed by atoms with Gasteiger partial charge in [-0.05, 0) is 47.7 Å². The first-order valence-corrected chi connectivity index (χ1v) is 8.53. The van der Waals surface area contributed by atoms with Crippen molar-refractivity contribution in [2.75, 3.05) is 7.11 Å². The third-order valence-corrected chi connectivity index (χ3v) is 3.94. The van der Waals surface area contributed by atoms with Gasteiger partial charge in [0, 0.05) is 12.6 Å². The predicted molar refractivity (Wildman–Crippen MR) is 101 cm³/mol. The number of rotatable bonds is 8. The second-order valence-corrected chi connectivity index (χ2v) is 5.90. The average Bonchev–Trinajstić information content (AvgIpc) is 2.64. The van der Waals surface area contributed by atoms with E-state index in [4.69, 9.17) is 4.74 Å². The molecule has 0 aliphatic rings. The monoisotopic (exact) mass is 339 g/mol. The van der Waals surface area contributed by atoms with Crippen LogP contribution < -0.4 is 10.1 Å². The number of carbonyl (C=O) groups excluding carboxylic acids is 1. The normalized spacial score (nSPS) is 10.8. The summed E-state index contributed by atoms with van der Waals surface area (Å²) >= 11 is 0. The molecule has 0 spiro atoms. The van der Waals surface area contributed by atoms with Crippen LogP contribution in [0.2, 0.25) is 0 Å². The highest BCUT2D eigenvalue weighted by Crippen LogP contribution is 2.26. The van der Waals surface area contributed by atoms with E-state index in [1.54, 1.807) is 24.3 Å². The van der Waals surface area contributed by atoms with Gasteiger partial charge in [0.05, 0.1) is 7.11 Å². The molecule has 0 atom stereocenters. The summed E-state index contributed by atoms with van der Waals surface area (Å²) in [5.41, 5.74) is 3.18. The lowest BCUT2D eigenvalue weighted by Gasteiger charge is -2.07. The summed E-state index contributed by atoms with van der Waals surface area (Å²) in [4.78, 5) is 11.9. The first-order valence-electron chi connectivity index (χ1n) is 8.53. The van der Waals surface area contributed by atoms with Gasteiger partial charge in [-0.25, -0.2) is 0 Å². The van der Waals surface area contributed by atoms with Crippen LogP contribution in [-0.4, -0.2) is 18.1 Å². The molecule has 132 valence electrons. The summed E-state index contributed by atoms with van der Waals surface area (Å²) in [7, 11) is 1.49. The number of phenolic OH excluding ortho intramolecular Hbond substituents is 1. The van der Waals surface area contributed by atoms with E-state index in [1.165, 1.54) is 31.6 Å². The zero-order valence-electron chi connectivity index (χ0n) is 14.8. The highest BCUT2D eigenvalue weighted by molar-refractivity contribution is 5.91. The number of benzene rings is 2. The van der Waals surface area contributed by atoms with E-state index in [0.29, 0.717) is 12.3 Å². The molecule has 0 bridgehead atoms. The van der Waals surface area contributed by atoms with Gasteiger partial charge in [0.25, 0.3) is 0 Å². The number of ether oxygens (including phenoxy) is 1. The van der Waals surface area contributed by atoms with Crippen LogP contribution in [0.15, 0.2) is 48.5 Å². The highest BCUT2D eigenvalue weighted by Gasteiger charge is 2.03. The molecule has 0 saturated carbocycles. The molecule has 0 aliphatic carbocycles. The summed E-state index contributed by atoms with van der Waals surface area (Å²) in [6, 6.07) is 13.3. The van der Waals surface area contributed by atoms with E-state index in [0.717, 1.165) is 17.5 Å². The SMILES string of the molecule is CCCCc1ccc(/C=C/C(=O)NCc2ccc(O)c(OC)c2)cc1. The maximum atomic E-state index is 11.9. The molecule has 2 N–H and O–H groups in total. The van der Waals surface area contributed by atoms with E-state index in [9.17, 15) is 9.90 Å². The minimum atomic E-state index is -0.165. The number of amides is 1. The van der Waals surface area contributed by atoms with Crippen molar-refractivity contribution >= 4 is 12.0 Å². The van der Waals surface area contributed by atoms with E-state index in [-0.39, 0.29) is 11.7 Å². The minimum absolute atomic E-state index is 0.0832. The quantitative estimate of drug-likeness (QED) is 0.713. The van der Waals surface area contributed by atoms with Crippen LogP contribution >= 0.6 is 0 Å². The molecule has 2 aromatic rings. The van der Waals surface area contributed by atoms with Crippen molar-refractivity contribution < 1.29 is 14.6 Å². The Kier molecular flexibility index (Phi) is 7.08. The van der Waals surface area contributed by atoms with Gasteiger partial charge in [-0.3, -0.25) is 4.79 Å². The molecule has 0 aliphatic heterocycles. The number of hydrogen-bond acceptors (Lipinski definition) is 3. The van der Waals surface area contributed by atoms with Crippen LogP contribution in [0.3, 0.4) is 0 Å². The lowest BCUT2D eigenvalue weighted by Crippen LogP contribution is -2.20. The van der Waals surface area contributed by atoms with E-state index in [1.807, 2.05) is 12.1 Å². The van der Waals surface area contributed by atoms with Crippen molar-refractivity contribution in [2.24, 2.45) is 0 Å². The third kappa shape index (κ3) is 5.99. The van der Waals surface area contributed by atoms with Crippen LogP contribution in [0.1, 0.15) is 36.5 Å². The van der Waals surface area contributed by atoms with Crippen LogP contribution in [0, 0.1) is 0 Å². The van der Waals surface area contributed by atoms with Gasteiger partial charge < -0.3 is 15.2 Å². The van der Waals surface area contributed by atoms with Gasteiger partial charge in [0.2, 0.25) is 5.91 Å². The van der Waals surface area contributed by atoms with E-state index < -0.39 is 0 Å². The number of aryl methyl sites for hydroxylation is 1. The smallest absolute Gasteiger partial charge is 0.244 e. The predicted octanol–water partition coefficient (Wildman–Crippen LogP) is 4.07. The molecule has 2 rings (SSSR count). The lowest BCUT2D eigenvalue weighted by atomic mass is 10.1. The fourth-order valence-electron chi connectivity index (χ4n) is 2.43. The van der Waals surface area contributed by atoms with Crippen LogP contribution in [0.4, 0.5) is 0 Å². The molecule has 0 aromatic heterocycles. The number of aromatic hydroxyl groups is 1. The molecular formula is C21H25NO3. The first kappa shape index (κ1) is 18.6. The van der Waals surface area contributed by atoms with Gasteiger partial charge in [-0.1, -0.05) is 43.7 Å². The summed E-state index contributed by atoms with van der Waals surface area (Å²) in [6.45, 7) is 2.56. The number of nitrogens with one attached hydrogen (secondary N) is 1. The first-order chi connectivity index (χ1) is 12.1. The van der Waals surface area contributed by atoms with Gasteiger partial charge in [0.15, 0.2) is 11.5 Å². The summed E-state index contributed by atoms with van der Waals surface area (Å²) in [5.74, 6) is 0.312. The summed E-state index contributed by atoms with van der Waals surface area (Å²) in [5, 5.41) is 12.4. The molecule has 0 unspecified atom stereocenters. The van der Waals surface area contributed by atoms with Crippen LogP contribution in [0.5, 0.6) is 11.5 Å². The Balaban J connectivity index is 1.86.